The van der Waals surface area contributed by atoms with Gasteiger partial charge in [0.15, 0.2) is 0 Å². The number of carbonyl (C=O) groups is 1. The molecule has 0 unspecified atom stereocenters. The van der Waals surface area contributed by atoms with Crippen LogP contribution in [0.5, 0.6) is 5.88 Å². The van der Waals surface area contributed by atoms with Crippen molar-refractivity contribution < 1.29 is 18.7 Å². The molecule has 1 aliphatic heterocycles. The fourth-order valence-corrected chi connectivity index (χ4v) is 2.92. The van der Waals surface area contributed by atoms with Gasteiger partial charge in [0.25, 0.3) is 0 Å². The number of aromatic nitrogens is 1. The number of nitrogens with zero attached hydrogens (tertiary/aromatic N) is 2. The number of amides is 1. The molecular weight excluding hydrogens is 347 g/mol. The molecule has 27 heavy (non-hydrogen) atoms. The monoisotopic (exact) mass is 372 g/mol. The van der Waals surface area contributed by atoms with Gasteiger partial charge in [-0.05, 0) is 44.5 Å². The van der Waals surface area contributed by atoms with Crippen LogP contribution in [-0.4, -0.2) is 40.8 Å². The van der Waals surface area contributed by atoms with Crippen LogP contribution in [0.2, 0.25) is 0 Å². The van der Waals surface area contributed by atoms with Gasteiger partial charge in [0.2, 0.25) is 5.88 Å². The SMILES string of the molecule is CC(C)(C)OC(=O)N1CCC(Oc2ccc(-c3ccc(F)cc3)cn2)CC1. The first-order chi connectivity index (χ1) is 12.8. The fraction of sp³-hybridized carbons (Fsp3) is 0.429. The van der Waals surface area contributed by atoms with Crippen molar-refractivity contribution in [2.75, 3.05) is 13.1 Å². The molecule has 0 bridgehead atoms. The van der Waals surface area contributed by atoms with Crippen LogP contribution in [0, 0.1) is 5.82 Å². The van der Waals surface area contributed by atoms with E-state index in [9.17, 15) is 9.18 Å². The summed E-state index contributed by atoms with van der Waals surface area (Å²) in [4.78, 5) is 18.2. The number of pyridine rings is 1. The number of likely N-dealkylation sites (tertiary alicyclic amines) is 1. The molecule has 1 fully saturated rings. The fourth-order valence-electron chi connectivity index (χ4n) is 2.92. The normalized spacial score (nSPS) is 15.5. The van der Waals surface area contributed by atoms with Gasteiger partial charge < -0.3 is 14.4 Å². The Bertz CT molecular complexity index is 762. The molecule has 0 aliphatic carbocycles. The summed E-state index contributed by atoms with van der Waals surface area (Å²) in [7, 11) is 0. The molecule has 0 saturated carbocycles. The van der Waals surface area contributed by atoms with Crippen molar-refractivity contribution in [3.8, 4) is 17.0 Å². The highest BCUT2D eigenvalue weighted by molar-refractivity contribution is 5.68. The van der Waals surface area contributed by atoms with Crippen molar-refractivity contribution in [3.05, 3.63) is 48.4 Å². The first-order valence-corrected chi connectivity index (χ1v) is 9.17. The van der Waals surface area contributed by atoms with Gasteiger partial charge in [-0.3, -0.25) is 0 Å². The van der Waals surface area contributed by atoms with Crippen LogP contribution < -0.4 is 4.74 Å². The Kier molecular flexibility index (Phi) is 5.63. The number of hydrogen-bond donors (Lipinski definition) is 0. The highest BCUT2D eigenvalue weighted by Gasteiger charge is 2.27. The van der Waals surface area contributed by atoms with E-state index in [4.69, 9.17) is 9.47 Å². The molecule has 2 heterocycles. The summed E-state index contributed by atoms with van der Waals surface area (Å²) in [6, 6.07) is 10.0. The molecule has 1 aliphatic rings. The molecule has 2 aromatic rings. The van der Waals surface area contributed by atoms with Crippen LogP contribution in [-0.2, 0) is 4.74 Å². The largest absolute Gasteiger partial charge is 0.474 e. The van der Waals surface area contributed by atoms with Gasteiger partial charge in [-0.15, -0.1) is 0 Å². The summed E-state index contributed by atoms with van der Waals surface area (Å²) in [5, 5.41) is 0. The molecule has 0 N–H and O–H groups in total. The lowest BCUT2D eigenvalue weighted by molar-refractivity contribution is 0.0123. The lowest BCUT2D eigenvalue weighted by Crippen LogP contribution is -2.44. The third-order valence-corrected chi connectivity index (χ3v) is 4.29. The third-order valence-electron chi connectivity index (χ3n) is 4.29. The number of rotatable bonds is 3. The highest BCUT2D eigenvalue weighted by atomic mass is 19.1. The molecule has 3 rings (SSSR count). The maximum absolute atomic E-state index is 13.0. The van der Waals surface area contributed by atoms with Crippen LogP contribution >= 0.6 is 0 Å². The summed E-state index contributed by atoms with van der Waals surface area (Å²) in [5.74, 6) is 0.293. The second-order valence-electron chi connectivity index (χ2n) is 7.68. The number of piperidine rings is 1. The molecule has 5 nitrogen and oxygen atoms in total. The number of hydrogen-bond acceptors (Lipinski definition) is 4. The number of halogens is 1. The zero-order valence-corrected chi connectivity index (χ0v) is 15.9. The van der Waals surface area contributed by atoms with E-state index in [1.807, 2.05) is 32.9 Å². The summed E-state index contributed by atoms with van der Waals surface area (Å²) < 4.78 is 24.4. The second-order valence-corrected chi connectivity index (χ2v) is 7.68. The van der Waals surface area contributed by atoms with E-state index >= 15 is 0 Å². The quantitative estimate of drug-likeness (QED) is 0.786. The maximum Gasteiger partial charge on any atom is 0.410 e. The van der Waals surface area contributed by atoms with Gasteiger partial charge in [-0.25, -0.2) is 14.2 Å². The average molecular weight is 372 g/mol. The minimum absolute atomic E-state index is 0.0212. The van der Waals surface area contributed by atoms with Crippen molar-refractivity contribution in [3.63, 3.8) is 0 Å². The molecule has 1 saturated heterocycles. The van der Waals surface area contributed by atoms with E-state index in [0.29, 0.717) is 19.0 Å². The highest BCUT2D eigenvalue weighted by Crippen LogP contribution is 2.23. The van der Waals surface area contributed by atoms with Gasteiger partial charge in [0.1, 0.15) is 17.5 Å². The first-order valence-electron chi connectivity index (χ1n) is 9.17. The van der Waals surface area contributed by atoms with Crippen molar-refractivity contribution in [2.45, 2.75) is 45.3 Å². The predicted molar refractivity (Wildman–Crippen MR) is 101 cm³/mol. The maximum atomic E-state index is 13.0. The molecule has 144 valence electrons. The van der Waals surface area contributed by atoms with Gasteiger partial charge in [0.05, 0.1) is 0 Å². The topological polar surface area (TPSA) is 51.7 Å². The summed E-state index contributed by atoms with van der Waals surface area (Å²) in [6.45, 7) is 6.80. The summed E-state index contributed by atoms with van der Waals surface area (Å²) in [5.41, 5.74) is 1.32. The Morgan fingerprint density at radius 3 is 2.26 bits per heavy atom. The lowest BCUT2D eigenvalue weighted by Gasteiger charge is -2.33. The molecule has 1 aromatic carbocycles. The molecule has 0 atom stereocenters. The second kappa shape index (κ2) is 7.94. The zero-order valence-electron chi connectivity index (χ0n) is 15.9. The van der Waals surface area contributed by atoms with Gasteiger partial charge >= 0.3 is 6.09 Å². The Morgan fingerprint density at radius 1 is 1.07 bits per heavy atom. The molecule has 0 radical (unpaired) electrons. The first kappa shape index (κ1) is 19.1. The van der Waals surface area contributed by atoms with Crippen LogP contribution in [0.15, 0.2) is 42.6 Å². The van der Waals surface area contributed by atoms with Gasteiger partial charge in [-0.2, -0.15) is 0 Å². The minimum Gasteiger partial charge on any atom is -0.474 e. The molecule has 6 heteroatoms. The number of benzene rings is 1. The summed E-state index contributed by atoms with van der Waals surface area (Å²) >= 11 is 0. The Labute approximate surface area is 159 Å². The van der Waals surface area contributed by atoms with Gasteiger partial charge in [-0.1, -0.05) is 12.1 Å². The van der Waals surface area contributed by atoms with E-state index in [1.54, 1.807) is 23.2 Å². The molecule has 1 aromatic heterocycles. The zero-order chi connectivity index (χ0) is 19.4. The van der Waals surface area contributed by atoms with Crippen molar-refractivity contribution in [1.29, 1.82) is 0 Å². The lowest BCUT2D eigenvalue weighted by atomic mass is 10.1. The Morgan fingerprint density at radius 2 is 1.70 bits per heavy atom. The Balaban J connectivity index is 1.52. The molecule has 0 spiro atoms. The van der Waals surface area contributed by atoms with E-state index < -0.39 is 5.60 Å². The van der Waals surface area contributed by atoms with E-state index in [1.165, 1.54) is 12.1 Å². The average Bonchev–Trinajstić information content (AvgIpc) is 2.62. The molecular formula is C21H25FN2O3. The van der Waals surface area contributed by atoms with Crippen LogP contribution in [0.25, 0.3) is 11.1 Å². The van der Waals surface area contributed by atoms with Crippen molar-refractivity contribution in [2.24, 2.45) is 0 Å². The summed E-state index contributed by atoms with van der Waals surface area (Å²) in [6.07, 6.45) is 2.94. The van der Waals surface area contributed by atoms with Gasteiger partial charge in [0, 0.05) is 43.8 Å². The van der Waals surface area contributed by atoms with Crippen LogP contribution in [0.1, 0.15) is 33.6 Å². The van der Waals surface area contributed by atoms with Crippen molar-refractivity contribution in [1.82, 2.24) is 9.88 Å². The van der Waals surface area contributed by atoms with E-state index in [-0.39, 0.29) is 18.0 Å². The van der Waals surface area contributed by atoms with E-state index in [2.05, 4.69) is 4.98 Å². The minimum atomic E-state index is -0.485. The molecule has 1 amide bonds. The number of ether oxygens (including phenoxy) is 2. The standard InChI is InChI=1S/C21H25FN2O3/c1-21(2,3)27-20(25)24-12-10-18(11-13-24)26-19-9-6-16(14-23-19)15-4-7-17(22)8-5-15/h4-9,14,18H,10-13H2,1-3H3. The van der Waals surface area contributed by atoms with E-state index in [0.717, 1.165) is 24.0 Å². The Hall–Kier alpha value is -2.63. The van der Waals surface area contributed by atoms with Crippen LogP contribution in [0.4, 0.5) is 9.18 Å². The van der Waals surface area contributed by atoms with Crippen LogP contribution in [0.3, 0.4) is 0 Å². The third kappa shape index (κ3) is 5.42. The smallest absolute Gasteiger partial charge is 0.410 e. The predicted octanol–water partition coefficient (Wildman–Crippen LogP) is 4.67. The van der Waals surface area contributed by atoms with Crippen molar-refractivity contribution >= 4 is 6.09 Å². The number of carbonyl (C=O) groups excluding carboxylic acids is 1.